The summed E-state index contributed by atoms with van der Waals surface area (Å²) in [7, 11) is 0. The zero-order chi connectivity index (χ0) is 8.10. The molecule has 1 fully saturated rings. The predicted molar refractivity (Wildman–Crippen MR) is 45.5 cm³/mol. The van der Waals surface area contributed by atoms with Crippen LogP contribution < -0.4 is 5.32 Å². The third-order valence-corrected chi connectivity index (χ3v) is 2.43. The molecule has 1 saturated carbocycles. The fourth-order valence-corrected chi connectivity index (χ4v) is 1.83. The van der Waals surface area contributed by atoms with Crippen molar-refractivity contribution < 1.29 is 4.79 Å². The van der Waals surface area contributed by atoms with Crippen molar-refractivity contribution in [3.8, 4) is 0 Å². The molecule has 1 N–H and O–H groups in total. The van der Waals surface area contributed by atoms with Gasteiger partial charge in [0.25, 0.3) is 0 Å². The molecule has 1 rings (SSSR count). The number of rotatable bonds is 3. The molecular weight excluding hydrogens is 138 g/mol. The van der Waals surface area contributed by atoms with Crippen LogP contribution in [0.2, 0.25) is 0 Å². The first-order chi connectivity index (χ1) is 5.33. The first-order valence-corrected chi connectivity index (χ1v) is 4.50. The summed E-state index contributed by atoms with van der Waals surface area (Å²) in [6.07, 6.45) is 6.11. The van der Waals surface area contributed by atoms with E-state index in [1.807, 2.05) is 0 Å². The molecule has 1 aliphatic rings. The molecule has 11 heavy (non-hydrogen) atoms. The molecule has 0 aliphatic heterocycles. The number of carbonyl (C=O) groups is 1. The van der Waals surface area contributed by atoms with Crippen LogP contribution in [-0.4, -0.2) is 18.9 Å². The van der Waals surface area contributed by atoms with Crippen molar-refractivity contribution in [1.29, 1.82) is 0 Å². The number of aldehydes is 1. The van der Waals surface area contributed by atoms with Gasteiger partial charge in [-0.2, -0.15) is 0 Å². The quantitative estimate of drug-likeness (QED) is 0.623. The van der Waals surface area contributed by atoms with Gasteiger partial charge in [0.1, 0.15) is 6.29 Å². The zero-order valence-corrected chi connectivity index (χ0v) is 7.18. The Balaban J connectivity index is 2.17. The van der Waals surface area contributed by atoms with E-state index in [4.69, 9.17) is 0 Å². The molecule has 0 saturated heterocycles. The van der Waals surface area contributed by atoms with Gasteiger partial charge in [-0.15, -0.1) is 0 Å². The zero-order valence-electron chi connectivity index (χ0n) is 7.18. The Hall–Kier alpha value is -0.370. The van der Waals surface area contributed by atoms with Crippen molar-refractivity contribution in [3.05, 3.63) is 0 Å². The van der Waals surface area contributed by atoms with Crippen LogP contribution in [0.3, 0.4) is 0 Å². The lowest BCUT2D eigenvalue weighted by Gasteiger charge is -2.26. The summed E-state index contributed by atoms with van der Waals surface area (Å²) < 4.78 is 0. The summed E-state index contributed by atoms with van der Waals surface area (Å²) in [5, 5.41) is 3.23. The number of hydrogen-bond acceptors (Lipinski definition) is 2. The van der Waals surface area contributed by atoms with Gasteiger partial charge >= 0.3 is 0 Å². The van der Waals surface area contributed by atoms with Gasteiger partial charge in [0.05, 0.1) is 6.54 Å². The van der Waals surface area contributed by atoms with Crippen LogP contribution in [0.15, 0.2) is 0 Å². The van der Waals surface area contributed by atoms with Gasteiger partial charge in [0.2, 0.25) is 0 Å². The van der Waals surface area contributed by atoms with E-state index in [-0.39, 0.29) is 0 Å². The summed E-state index contributed by atoms with van der Waals surface area (Å²) in [5.74, 6) is 0.841. The Morgan fingerprint density at radius 2 is 2.36 bits per heavy atom. The third kappa shape index (κ3) is 3.02. The maximum atomic E-state index is 10.1. The van der Waals surface area contributed by atoms with E-state index in [2.05, 4.69) is 12.2 Å². The van der Waals surface area contributed by atoms with Crippen LogP contribution in [-0.2, 0) is 4.79 Å². The fourth-order valence-electron chi connectivity index (χ4n) is 1.83. The molecule has 2 unspecified atom stereocenters. The number of nitrogens with one attached hydrogen (secondary N) is 1. The van der Waals surface area contributed by atoms with Gasteiger partial charge in [0.15, 0.2) is 0 Å². The molecule has 1 aliphatic carbocycles. The van der Waals surface area contributed by atoms with Gasteiger partial charge in [-0.1, -0.05) is 19.8 Å². The van der Waals surface area contributed by atoms with Crippen LogP contribution in [0.25, 0.3) is 0 Å². The van der Waals surface area contributed by atoms with Crippen LogP contribution in [0, 0.1) is 5.92 Å². The maximum absolute atomic E-state index is 10.1. The number of hydrogen-bond donors (Lipinski definition) is 1. The van der Waals surface area contributed by atoms with Crippen molar-refractivity contribution in [1.82, 2.24) is 5.32 Å². The van der Waals surface area contributed by atoms with Crippen molar-refractivity contribution in [2.45, 2.75) is 38.6 Å². The maximum Gasteiger partial charge on any atom is 0.133 e. The van der Waals surface area contributed by atoms with Crippen molar-refractivity contribution >= 4 is 6.29 Å². The smallest absolute Gasteiger partial charge is 0.133 e. The first-order valence-electron chi connectivity index (χ1n) is 4.50. The standard InChI is InChI=1S/C9H17NO/c1-8-3-2-4-9(7-8)10-5-6-11/h6,8-10H,2-5,7H2,1H3. The van der Waals surface area contributed by atoms with E-state index in [1.54, 1.807) is 0 Å². The monoisotopic (exact) mass is 155 g/mol. The second kappa shape index (κ2) is 4.50. The Morgan fingerprint density at radius 3 is 3.00 bits per heavy atom. The van der Waals surface area contributed by atoms with E-state index in [9.17, 15) is 4.79 Å². The molecule has 0 aromatic carbocycles. The summed E-state index contributed by atoms with van der Waals surface area (Å²) in [4.78, 5) is 10.1. The summed E-state index contributed by atoms with van der Waals surface area (Å²) in [6.45, 7) is 2.81. The van der Waals surface area contributed by atoms with E-state index >= 15 is 0 Å². The third-order valence-electron chi connectivity index (χ3n) is 2.43. The fraction of sp³-hybridized carbons (Fsp3) is 0.889. The van der Waals surface area contributed by atoms with Crippen molar-refractivity contribution in [3.63, 3.8) is 0 Å². The summed E-state index contributed by atoms with van der Waals surface area (Å²) in [6, 6.07) is 0.601. The largest absolute Gasteiger partial charge is 0.307 e. The minimum absolute atomic E-state index is 0.525. The Bertz CT molecular complexity index is 125. The minimum atomic E-state index is 0.525. The molecular formula is C9H17NO. The van der Waals surface area contributed by atoms with Gasteiger partial charge in [-0.25, -0.2) is 0 Å². The highest BCUT2D eigenvalue weighted by Crippen LogP contribution is 2.22. The SMILES string of the molecule is CC1CCCC(NCC=O)C1. The van der Waals surface area contributed by atoms with Gasteiger partial charge in [0, 0.05) is 6.04 Å². The molecule has 0 heterocycles. The Morgan fingerprint density at radius 1 is 1.55 bits per heavy atom. The average Bonchev–Trinajstić information content (AvgIpc) is 2.01. The van der Waals surface area contributed by atoms with E-state index in [1.165, 1.54) is 25.7 Å². The second-order valence-electron chi connectivity index (χ2n) is 3.54. The van der Waals surface area contributed by atoms with E-state index in [0.717, 1.165) is 12.2 Å². The van der Waals surface area contributed by atoms with E-state index < -0.39 is 0 Å². The molecule has 0 radical (unpaired) electrons. The average molecular weight is 155 g/mol. The second-order valence-corrected chi connectivity index (χ2v) is 3.54. The molecule has 0 aromatic rings. The van der Waals surface area contributed by atoms with Crippen LogP contribution in [0.1, 0.15) is 32.6 Å². The molecule has 2 heteroatoms. The Kier molecular flexibility index (Phi) is 3.57. The van der Waals surface area contributed by atoms with Gasteiger partial charge in [-0.3, -0.25) is 0 Å². The van der Waals surface area contributed by atoms with Gasteiger partial charge < -0.3 is 10.1 Å². The normalized spacial score (nSPS) is 31.7. The van der Waals surface area contributed by atoms with E-state index in [0.29, 0.717) is 12.6 Å². The molecule has 2 atom stereocenters. The summed E-state index contributed by atoms with van der Waals surface area (Å²) in [5.41, 5.74) is 0. The Labute approximate surface area is 68.4 Å². The van der Waals surface area contributed by atoms with Crippen molar-refractivity contribution in [2.75, 3.05) is 6.54 Å². The molecule has 0 amide bonds. The van der Waals surface area contributed by atoms with Crippen molar-refractivity contribution in [2.24, 2.45) is 5.92 Å². The number of carbonyl (C=O) groups excluding carboxylic acids is 1. The lowest BCUT2D eigenvalue weighted by Crippen LogP contribution is -2.34. The molecule has 64 valence electrons. The van der Waals surface area contributed by atoms with Crippen LogP contribution in [0.4, 0.5) is 0 Å². The van der Waals surface area contributed by atoms with Crippen LogP contribution in [0.5, 0.6) is 0 Å². The molecule has 0 aromatic heterocycles. The summed E-state index contributed by atoms with van der Waals surface area (Å²) >= 11 is 0. The highest BCUT2D eigenvalue weighted by atomic mass is 16.1. The molecule has 0 spiro atoms. The predicted octanol–water partition coefficient (Wildman–Crippen LogP) is 1.35. The minimum Gasteiger partial charge on any atom is -0.307 e. The lowest BCUT2D eigenvalue weighted by atomic mass is 9.87. The van der Waals surface area contributed by atoms with Crippen LogP contribution >= 0.6 is 0 Å². The van der Waals surface area contributed by atoms with Gasteiger partial charge in [-0.05, 0) is 18.8 Å². The lowest BCUT2D eigenvalue weighted by molar-refractivity contribution is -0.107. The highest BCUT2D eigenvalue weighted by Gasteiger charge is 2.17. The molecule has 2 nitrogen and oxygen atoms in total. The molecule has 0 bridgehead atoms. The first kappa shape index (κ1) is 8.72. The highest BCUT2D eigenvalue weighted by molar-refractivity contribution is 5.51. The topological polar surface area (TPSA) is 29.1 Å².